The number of thiocarbonyl (C=S) groups is 2. The number of nitrogens with one attached hydrogen (secondary N) is 4. The predicted octanol–water partition coefficient (Wildman–Crippen LogP) is 4.48. The summed E-state index contributed by atoms with van der Waals surface area (Å²) < 4.78 is 35.9. The lowest BCUT2D eigenvalue weighted by molar-refractivity contribution is -0.0849. The lowest BCUT2D eigenvalue weighted by atomic mass is 10.2. The normalized spacial score (nSPS) is 16.3. The molecule has 2 aliphatic rings. The molecule has 0 unspecified atom stereocenters. The Morgan fingerprint density at radius 2 is 0.981 bits per heavy atom. The fraction of sp³-hybridized carbons (Fsp3) is 0.848. The van der Waals surface area contributed by atoms with E-state index in [1.807, 2.05) is 0 Å². The van der Waals surface area contributed by atoms with Gasteiger partial charge in [-0.3, -0.25) is 16.0 Å². The zero-order valence-corrected chi connectivity index (χ0v) is 38.7. The maximum absolute atomic E-state index is 11.4. The summed E-state index contributed by atoms with van der Waals surface area (Å²) in [7, 11) is 0. The summed E-state index contributed by atoms with van der Waals surface area (Å²) in [5.74, 6) is 0. The van der Waals surface area contributed by atoms with Crippen molar-refractivity contribution in [1.82, 2.24) is 26.2 Å². The van der Waals surface area contributed by atoms with Gasteiger partial charge < -0.3 is 49.1 Å². The number of carbonyl (C=O) groups is 3. The van der Waals surface area contributed by atoms with Gasteiger partial charge in [-0.15, -0.1) is 12.4 Å². The van der Waals surface area contributed by atoms with Crippen molar-refractivity contribution < 1.29 is 47.5 Å². The van der Waals surface area contributed by atoms with Crippen LogP contribution in [0.2, 0.25) is 0 Å². The van der Waals surface area contributed by atoms with Crippen LogP contribution < -0.4 is 27.0 Å². The van der Waals surface area contributed by atoms with E-state index in [4.69, 9.17) is 63.3 Å². The fourth-order valence-electron chi connectivity index (χ4n) is 3.47. The van der Waals surface area contributed by atoms with Gasteiger partial charge in [-0.1, -0.05) is 20.8 Å². The summed E-state index contributed by atoms with van der Waals surface area (Å²) >= 11 is 9.73. The van der Waals surface area contributed by atoms with Gasteiger partial charge in [0.15, 0.2) is 10.2 Å². The molecule has 0 aromatic heterocycles. The van der Waals surface area contributed by atoms with Gasteiger partial charge in [0.1, 0.15) is 16.8 Å². The molecule has 6 N–H and O–H groups in total. The van der Waals surface area contributed by atoms with Crippen molar-refractivity contribution in [2.45, 2.75) is 112 Å². The molecule has 0 radical (unpaired) electrons. The molecule has 0 aromatic rings. The fourth-order valence-corrected chi connectivity index (χ4v) is 3.80. The first-order valence-corrected chi connectivity index (χ1v) is 18.0. The zero-order chi connectivity index (χ0) is 39.7. The maximum Gasteiger partial charge on any atom is 0.413 e. The highest BCUT2D eigenvalue weighted by atomic mass is 35.5. The van der Waals surface area contributed by atoms with Gasteiger partial charge in [0.05, 0.1) is 51.8 Å². The quantitative estimate of drug-likeness (QED) is 0.185. The molecule has 3 amide bonds. The largest absolute Gasteiger partial charge is 0.444 e. The summed E-state index contributed by atoms with van der Waals surface area (Å²) in [5.41, 5.74) is 3.49. The van der Waals surface area contributed by atoms with Crippen LogP contribution in [-0.2, 0) is 33.2 Å². The number of amides is 3. The number of nitrogens with zero attached hydrogens (tertiary/aromatic N) is 1. The summed E-state index contributed by atoms with van der Waals surface area (Å²) in [6.07, 6.45) is -1.94. The van der Waals surface area contributed by atoms with Gasteiger partial charge in [0.2, 0.25) is 0 Å². The molecule has 2 fully saturated rings. The Morgan fingerprint density at radius 1 is 0.648 bits per heavy atom. The van der Waals surface area contributed by atoms with E-state index in [-0.39, 0.29) is 61.8 Å². The molecule has 2 saturated heterocycles. The Morgan fingerprint density at radius 3 is 1.22 bits per heavy atom. The second-order valence-electron chi connectivity index (χ2n) is 13.9. The summed E-state index contributed by atoms with van der Waals surface area (Å²) in [4.78, 5) is 36.4. The average Bonchev–Trinajstić information content (AvgIpc) is 3.00. The van der Waals surface area contributed by atoms with Gasteiger partial charge in [0, 0.05) is 13.1 Å². The summed E-state index contributed by atoms with van der Waals surface area (Å²) in [6, 6.07) is 0. The molecule has 2 aliphatic heterocycles. The highest BCUT2D eigenvalue weighted by Crippen LogP contribution is 2.08. The number of hydrogen-bond donors (Lipinski definition) is 5. The number of nitrogens with two attached hydrogens (primary N) is 1. The average molecular weight is 876 g/mol. The monoisotopic (exact) mass is 874 g/mol. The van der Waals surface area contributed by atoms with Crippen molar-refractivity contribution in [3.05, 3.63) is 0 Å². The van der Waals surface area contributed by atoms with Crippen LogP contribution in [-0.4, -0.2) is 135 Å². The molecule has 21 heteroatoms. The van der Waals surface area contributed by atoms with Crippen LogP contribution in [0.4, 0.5) is 14.4 Å². The molecule has 0 saturated carbocycles. The Hall–Kier alpha value is -1.46. The van der Waals surface area contributed by atoms with Crippen molar-refractivity contribution in [2.75, 3.05) is 72.4 Å². The van der Waals surface area contributed by atoms with E-state index >= 15 is 0 Å². The van der Waals surface area contributed by atoms with Gasteiger partial charge >= 0.3 is 18.3 Å². The molecule has 2 rings (SSSR count). The zero-order valence-electron chi connectivity index (χ0n) is 34.3. The first-order chi connectivity index (χ1) is 23.5. The molecule has 0 aliphatic carbocycles. The van der Waals surface area contributed by atoms with Crippen LogP contribution in [0.5, 0.6) is 0 Å². The standard InChI is InChI=1S/2C11H20N2O4S.C6H15N.C5H11NO2.ClH.2H2S/c1-11(2,3)17-10(14)13-9(18)12-6-8-7-15-4-5-16-8;1-10(2,3)16-8(14)12-7(18)13-9(15)17-11(4,5)6;1-4-7(5-2)6-3;6-3-5-4-7-1-2-8-5;;;/h8H,4-7H2,1-3H3,(H2,12,13,14,18);1-6H3,(H2,12,13,14,15,18);4-6H2,1-3H3;5H,1-4,6H2;1H;2*1H2/t8-;;;5-;;;/m0..0.../s1. The van der Waals surface area contributed by atoms with E-state index in [1.54, 1.807) is 62.3 Å². The Kier molecular flexibility index (Phi) is 38.5. The number of rotatable bonds is 6. The van der Waals surface area contributed by atoms with Gasteiger partial charge in [-0.05, 0) is 106 Å². The van der Waals surface area contributed by atoms with Crippen LogP contribution in [0, 0.1) is 0 Å². The summed E-state index contributed by atoms with van der Waals surface area (Å²) in [5, 5.41) is 9.80. The van der Waals surface area contributed by atoms with Crippen LogP contribution in [0.15, 0.2) is 0 Å². The third-order valence-corrected chi connectivity index (χ3v) is 6.16. The first kappa shape index (κ1) is 61.8. The summed E-state index contributed by atoms with van der Waals surface area (Å²) in [6.45, 7) is 30.7. The molecule has 54 heavy (non-hydrogen) atoms. The van der Waals surface area contributed by atoms with Crippen LogP contribution in [0.1, 0.15) is 83.1 Å². The van der Waals surface area contributed by atoms with Crippen LogP contribution in [0.3, 0.4) is 0 Å². The van der Waals surface area contributed by atoms with E-state index in [9.17, 15) is 14.4 Å². The Labute approximate surface area is 354 Å². The van der Waals surface area contributed by atoms with Gasteiger partial charge in [-0.2, -0.15) is 27.0 Å². The predicted molar refractivity (Wildman–Crippen MR) is 233 cm³/mol. The minimum Gasteiger partial charge on any atom is -0.444 e. The highest BCUT2D eigenvalue weighted by molar-refractivity contribution is 7.80. The van der Waals surface area contributed by atoms with Crippen molar-refractivity contribution in [3.63, 3.8) is 0 Å². The molecule has 2 heterocycles. The molecule has 0 spiro atoms. The smallest absolute Gasteiger partial charge is 0.413 e. The molecule has 0 bridgehead atoms. The lowest BCUT2D eigenvalue weighted by Gasteiger charge is -2.24. The Bertz CT molecular complexity index is 982. The molecule has 16 nitrogen and oxygen atoms in total. The third kappa shape index (κ3) is 41.7. The first-order valence-electron chi connectivity index (χ1n) is 17.2. The second-order valence-corrected chi connectivity index (χ2v) is 14.7. The molecule has 0 aromatic carbocycles. The number of halogens is 1. The minimum atomic E-state index is -0.733. The van der Waals surface area contributed by atoms with Gasteiger partial charge in [0.25, 0.3) is 0 Å². The molecular formula is C33H71ClN6O10S4. The molecule has 2 atom stereocenters. The molecule has 324 valence electrons. The van der Waals surface area contributed by atoms with Crippen molar-refractivity contribution in [1.29, 1.82) is 0 Å². The number of hydrogen-bond acceptors (Lipinski definition) is 14. The van der Waals surface area contributed by atoms with E-state index in [0.29, 0.717) is 46.1 Å². The Balaban J connectivity index is -0.000000208. The van der Waals surface area contributed by atoms with Crippen LogP contribution in [0.25, 0.3) is 0 Å². The van der Waals surface area contributed by atoms with Crippen molar-refractivity contribution in [2.24, 2.45) is 5.73 Å². The van der Waals surface area contributed by atoms with Crippen molar-refractivity contribution in [3.8, 4) is 0 Å². The SMILES string of the molecule is CC(C)(C)OC(=O)NC(=S)NC(=O)OC(C)(C)C.CC(C)(C)OC(=O)NC(=S)NC[C@H]1COCCO1.CCN(CC)CC.Cl.NC[C@H]1COCCO1.S.S. The highest BCUT2D eigenvalue weighted by Gasteiger charge is 2.21. The molecular weight excluding hydrogens is 804 g/mol. The van der Waals surface area contributed by atoms with Crippen LogP contribution >= 0.6 is 63.8 Å². The minimum absolute atomic E-state index is 0. The van der Waals surface area contributed by atoms with Gasteiger partial charge in [-0.25, -0.2) is 14.4 Å². The number of ether oxygens (including phenoxy) is 7. The third-order valence-electron chi connectivity index (χ3n) is 5.71. The lowest BCUT2D eigenvalue weighted by Crippen LogP contribution is -2.46. The topological polar surface area (TPSA) is 193 Å². The van der Waals surface area contributed by atoms with E-state index in [0.717, 1.165) is 6.61 Å². The number of alkyl carbamates (subject to hydrolysis) is 3. The van der Waals surface area contributed by atoms with E-state index in [2.05, 4.69) is 46.9 Å². The number of carbonyl (C=O) groups excluding carboxylic acids is 3. The van der Waals surface area contributed by atoms with E-state index < -0.39 is 35.1 Å². The van der Waals surface area contributed by atoms with E-state index in [1.165, 1.54) is 19.6 Å². The maximum atomic E-state index is 11.4. The van der Waals surface area contributed by atoms with Crippen molar-refractivity contribution >= 4 is 92.3 Å². The second kappa shape index (κ2) is 33.7.